The molecule has 1 atom stereocenters. The van der Waals surface area contributed by atoms with Crippen molar-refractivity contribution >= 4 is 17.7 Å². The van der Waals surface area contributed by atoms with Crippen molar-refractivity contribution in [3.05, 3.63) is 54.4 Å². The van der Waals surface area contributed by atoms with Crippen LogP contribution in [-0.2, 0) is 11.8 Å². The molecule has 2 rings (SSSR count). The van der Waals surface area contributed by atoms with Crippen molar-refractivity contribution in [2.45, 2.75) is 23.8 Å². The molecule has 0 radical (unpaired) electrons. The minimum absolute atomic E-state index is 0.0301. The summed E-state index contributed by atoms with van der Waals surface area (Å²) in [5, 5.41) is 12.9. The predicted octanol–water partition coefficient (Wildman–Crippen LogP) is 2.75. The van der Waals surface area contributed by atoms with Crippen molar-refractivity contribution in [2.24, 2.45) is 7.05 Å². The Bertz CT molecular complexity index is 583. The highest BCUT2D eigenvalue weighted by atomic mass is 32.2. The smallest absolute Gasteiger partial charge is 0.220 e. The van der Waals surface area contributed by atoms with E-state index < -0.39 is 6.10 Å². The lowest BCUT2D eigenvalue weighted by molar-refractivity contribution is -0.120. The zero-order chi connectivity index (χ0) is 15.8. The summed E-state index contributed by atoms with van der Waals surface area (Å²) >= 11 is 1.67. The van der Waals surface area contributed by atoms with Gasteiger partial charge in [-0.3, -0.25) is 4.79 Å². The van der Waals surface area contributed by atoms with Gasteiger partial charge in [0.15, 0.2) is 0 Å². The van der Waals surface area contributed by atoms with Crippen molar-refractivity contribution in [2.75, 3.05) is 12.3 Å². The molecule has 0 spiro atoms. The van der Waals surface area contributed by atoms with E-state index in [0.717, 1.165) is 11.4 Å². The first-order valence-corrected chi connectivity index (χ1v) is 8.39. The molecule has 1 heterocycles. The number of amides is 1. The van der Waals surface area contributed by atoms with Crippen LogP contribution in [0.2, 0.25) is 0 Å². The molecule has 0 unspecified atom stereocenters. The maximum absolute atomic E-state index is 11.8. The number of aliphatic hydroxyl groups excluding tert-OH is 1. The van der Waals surface area contributed by atoms with Crippen molar-refractivity contribution in [3.8, 4) is 0 Å². The fraction of sp³-hybridized carbons (Fsp3) is 0.353. The molecule has 2 N–H and O–H groups in total. The summed E-state index contributed by atoms with van der Waals surface area (Å²) in [5.74, 6) is 0.790. The molecule has 22 heavy (non-hydrogen) atoms. The summed E-state index contributed by atoms with van der Waals surface area (Å²) in [4.78, 5) is 12.9. The number of benzene rings is 1. The van der Waals surface area contributed by atoms with Crippen LogP contribution in [0.4, 0.5) is 0 Å². The highest BCUT2D eigenvalue weighted by Gasteiger charge is 2.10. The van der Waals surface area contributed by atoms with Crippen LogP contribution in [0.15, 0.2) is 53.6 Å². The minimum Gasteiger partial charge on any atom is -0.387 e. The first-order chi connectivity index (χ1) is 10.7. The van der Waals surface area contributed by atoms with Gasteiger partial charge >= 0.3 is 0 Å². The third-order valence-corrected chi connectivity index (χ3v) is 4.42. The number of carbonyl (C=O) groups is 1. The minimum atomic E-state index is -0.543. The fourth-order valence-corrected chi connectivity index (χ4v) is 3.06. The quantitative estimate of drug-likeness (QED) is 0.736. The molecule has 2 aromatic rings. The zero-order valence-corrected chi connectivity index (χ0v) is 13.6. The molecule has 1 aromatic carbocycles. The Kier molecular flexibility index (Phi) is 6.55. The van der Waals surface area contributed by atoms with Gasteiger partial charge < -0.3 is 15.0 Å². The topological polar surface area (TPSA) is 54.3 Å². The van der Waals surface area contributed by atoms with Crippen LogP contribution < -0.4 is 5.32 Å². The van der Waals surface area contributed by atoms with Gasteiger partial charge in [-0.2, -0.15) is 0 Å². The van der Waals surface area contributed by atoms with Gasteiger partial charge in [0, 0.05) is 42.6 Å². The fourth-order valence-electron chi connectivity index (χ4n) is 2.18. The highest BCUT2D eigenvalue weighted by Crippen LogP contribution is 2.18. The van der Waals surface area contributed by atoms with Gasteiger partial charge in [-0.15, -0.1) is 11.8 Å². The molecule has 4 nitrogen and oxygen atoms in total. The van der Waals surface area contributed by atoms with E-state index in [1.54, 1.807) is 11.8 Å². The molecule has 0 fully saturated rings. The lowest BCUT2D eigenvalue weighted by Gasteiger charge is -2.12. The molecule has 0 saturated carbocycles. The number of aliphatic hydroxyl groups is 1. The van der Waals surface area contributed by atoms with Crippen LogP contribution >= 0.6 is 11.8 Å². The number of aromatic nitrogens is 1. The highest BCUT2D eigenvalue weighted by molar-refractivity contribution is 7.99. The average Bonchev–Trinajstić information content (AvgIpc) is 2.94. The van der Waals surface area contributed by atoms with Crippen molar-refractivity contribution in [3.63, 3.8) is 0 Å². The van der Waals surface area contributed by atoms with E-state index in [4.69, 9.17) is 0 Å². The summed E-state index contributed by atoms with van der Waals surface area (Å²) in [6.07, 6.45) is 2.37. The largest absolute Gasteiger partial charge is 0.387 e. The number of nitrogens with zero attached hydrogens (tertiary/aromatic N) is 1. The normalized spacial score (nSPS) is 12.1. The van der Waals surface area contributed by atoms with Crippen molar-refractivity contribution < 1.29 is 9.90 Å². The predicted molar refractivity (Wildman–Crippen MR) is 89.8 cm³/mol. The first kappa shape index (κ1) is 16.6. The first-order valence-electron chi connectivity index (χ1n) is 7.40. The Morgan fingerprint density at radius 3 is 2.73 bits per heavy atom. The number of hydrogen-bond donors (Lipinski definition) is 2. The van der Waals surface area contributed by atoms with Crippen LogP contribution in [0.25, 0.3) is 0 Å². The summed E-state index contributed by atoms with van der Waals surface area (Å²) in [6, 6.07) is 13.8. The Labute approximate surface area is 135 Å². The Balaban J connectivity index is 1.61. The molecular formula is C17H22N2O2S. The average molecular weight is 318 g/mol. The molecular weight excluding hydrogens is 296 g/mol. The SMILES string of the molecule is Cn1cccc1[C@@H](O)CCNC(=O)CCSc1ccccc1. The summed E-state index contributed by atoms with van der Waals surface area (Å²) in [7, 11) is 1.90. The summed E-state index contributed by atoms with van der Waals surface area (Å²) < 4.78 is 1.89. The zero-order valence-electron chi connectivity index (χ0n) is 12.7. The van der Waals surface area contributed by atoms with E-state index in [9.17, 15) is 9.90 Å². The molecule has 5 heteroatoms. The third-order valence-electron chi connectivity index (χ3n) is 3.41. The summed E-state index contributed by atoms with van der Waals surface area (Å²) in [6.45, 7) is 0.487. The Morgan fingerprint density at radius 2 is 2.05 bits per heavy atom. The second kappa shape index (κ2) is 8.66. The Morgan fingerprint density at radius 1 is 1.27 bits per heavy atom. The summed E-state index contributed by atoms with van der Waals surface area (Å²) in [5.41, 5.74) is 0.869. The van der Waals surface area contributed by atoms with Gasteiger partial charge in [-0.05, 0) is 30.7 Å². The van der Waals surface area contributed by atoms with Gasteiger partial charge in [0.2, 0.25) is 5.91 Å². The molecule has 0 aliphatic heterocycles. The monoisotopic (exact) mass is 318 g/mol. The second-order valence-corrected chi connectivity index (χ2v) is 6.28. The van der Waals surface area contributed by atoms with Crippen LogP contribution in [0.5, 0.6) is 0 Å². The third kappa shape index (κ3) is 5.24. The number of nitrogens with one attached hydrogen (secondary N) is 1. The van der Waals surface area contributed by atoms with E-state index in [1.807, 2.05) is 60.3 Å². The number of rotatable bonds is 8. The van der Waals surface area contributed by atoms with Gasteiger partial charge in [-0.25, -0.2) is 0 Å². The maximum atomic E-state index is 11.8. The van der Waals surface area contributed by atoms with Gasteiger partial charge in [-0.1, -0.05) is 18.2 Å². The van der Waals surface area contributed by atoms with Crippen LogP contribution in [-0.4, -0.2) is 27.9 Å². The molecule has 1 amide bonds. The lowest BCUT2D eigenvalue weighted by Crippen LogP contribution is -2.26. The maximum Gasteiger partial charge on any atom is 0.220 e. The van der Waals surface area contributed by atoms with E-state index >= 15 is 0 Å². The van der Waals surface area contributed by atoms with Gasteiger partial charge in [0.1, 0.15) is 0 Å². The van der Waals surface area contributed by atoms with E-state index in [-0.39, 0.29) is 5.91 Å². The molecule has 0 saturated heterocycles. The molecule has 0 aliphatic carbocycles. The second-order valence-electron chi connectivity index (χ2n) is 5.11. The van der Waals surface area contributed by atoms with Crippen molar-refractivity contribution in [1.82, 2.24) is 9.88 Å². The lowest BCUT2D eigenvalue weighted by atomic mass is 10.2. The number of aryl methyl sites for hydroxylation is 1. The number of thioether (sulfide) groups is 1. The van der Waals surface area contributed by atoms with E-state index in [0.29, 0.717) is 19.4 Å². The molecule has 1 aromatic heterocycles. The van der Waals surface area contributed by atoms with Crippen LogP contribution in [0.1, 0.15) is 24.6 Å². The van der Waals surface area contributed by atoms with E-state index in [2.05, 4.69) is 5.32 Å². The molecule has 118 valence electrons. The van der Waals surface area contributed by atoms with Crippen molar-refractivity contribution in [1.29, 1.82) is 0 Å². The van der Waals surface area contributed by atoms with Crippen LogP contribution in [0.3, 0.4) is 0 Å². The van der Waals surface area contributed by atoms with Gasteiger partial charge in [0.05, 0.1) is 6.10 Å². The molecule has 0 aliphatic rings. The van der Waals surface area contributed by atoms with Gasteiger partial charge in [0.25, 0.3) is 0 Å². The van der Waals surface area contributed by atoms with Crippen LogP contribution in [0, 0.1) is 0 Å². The number of hydrogen-bond acceptors (Lipinski definition) is 3. The van der Waals surface area contributed by atoms with E-state index in [1.165, 1.54) is 4.90 Å². The standard InChI is InChI=1S/C17H22N2O2S/c1-19-12-5-8-15(19)16(20)9-11-18-17(21)10-13-22-14-6-3-2-4-7-14/h2-8,12,16,20H,9-11,13H2,1H3,(H,18,21)/t16-/m0/s1. The molecule has 0 bridgehead atoms. The number of carbonyl (C=O) groups excluding carboxylic acids is 1. The Hall–Kier alpha value is -1.72.